The Balaban J connectivity index is 2.41. The van der Waals surface area contributed by atoms with E-state index in [4.69, 9.17) is 9.47 Å². The number of ether oxygens (including phenoxy) is 2. The van der Waals surface area contributed by atoms with Crippen LogP contribution < -0.4 is 14.8 Å². The molecule has 0 saturated carbocycles. The predicted octanol–water partition coefficient (Wildman–Crippen LogP) is 2.77. The first-order valence-electron chi connectivity index (χ1n) is 6.87. The molecule has 1 fully saturated rings. The van der Waals surface area contributed by atoms with Crippen molar-refractivity contribution in [3.63, 3.8) is 0 Å². The fourth-order valence-corrected chi connectivity index (χ4v) is 2.41. The van der Waals surface area contributed by atoms with Crippen molar-refractivity contribution in [2.45, 2.75) is 13.8 Å². The summed E-state index contributed by atoms with van der Waals surface area (Å²) in [7, 11) is 1.43. The minimum Gasteiger partial charge on any atom is -0.490 e. The number of amides is 3. The summed E-state index contributed by atoms with van der Waals surface area (Å²) in [4.78, 5) is 24.4. The summed E-state index contributed by atoms with van der Waals surface area (Å²) in [6, 6.07) is 3.11. The third-order valence-electron chi connectivity index (χ3n) is 3.04. The second-order valence-electron chi connectivity index (χ2n) is 4.54. The Morgan fingerprint density at radius 2 is 1.77 bits per heavy atom. The number of carbonyl (C=O) groups is 2. The number of rotatable bonds is 5. The maximum atomic E-state index is 11.9. The highest BCUT2D eigenvalue weighted by molar-refractivity contribution is 9.10. The second-order valence-corrected chi connectivity index (χ2v) is 5.39. The number of halogens is 1. The van der Waals surface area contributed by atoms with Gasteiger partial charge in [0, 0.05) is 11.5 Å². The van der Waals surface area contributed by atoms with Crippen LogP contribution in [0.3, 0.4) is 0 Å². The van der Waals surface area contributed by atoms with E-state index < -0.39 is 6.03 Å². The van der Waals surface area contributed by atoms with E-state index in [1.54, 1.807) is 18.2 Å². The smallest absolute Gasteiger partial charge is 0.328 e. The van der Waals surface area contributed by atoms with Crippen molar-refractivity contribution in [3.05, 3.63) is 27.9 Å². The van der Waals surface area contributed by atoms with Crippen LogP contribution in [0.5, 0.6) is 11.5 Å². The number of hydrogen-bond acceptors (Lipinski definition) is 4. The Kier molecular flexibility index (Phi) is 5.07. The molecule has 1 aromatic rings. The van der Waals surface area contributed by atoms with E-state index in [1.807, 2.05) is 13.8 Å². The summed E-state index contributed by atoms with van der Waals surface area (Å²) >= 11 is 3.44. The first-order chi connectivity index (χ1) is 10.5. The molecule has 1 aliphatic heterocycles. The van der Waals surface area contributed by atoms with Crippen molar-refractivity contribution < 1.29 is 19.1 Å². The molecular formula is C15H17BrN2O4. The third-order valence-corrected chi connectivity index (χ3v) is 3.73. The minimum absolute atomic E-state index is 0.222. The monoisotopic (exact) mass is 368 g/mol. The van der Waals surface area contributed by atoms with E-state index in [2.05, 4.69) is 21.2 Å². The number of urea groups is 1. The van der Waals surface area contributed by atoms with Crippen LogP contribution >= 0.6 is 15.9 Å². The first-order valence-corrected chi connectivity index (χ1v) is 7.67. The molecule has 1 N–H and O–H groups in total. The van der Waals surface area contributed by atoms with Crippen molar-refractivity contribution in [2.75, 3.05) is 20.3 Å². The molecule has 2 rings (SSSR count). The molecule has 0 spiro atoms. The molecule has 1 heterocycles. The Bertz CT molecular complexity index is 643. The van der Waals surface area contributed by atoms with Crippen LogP contribution in [0, 0.1) is 0 Å². The van der Waals surface area contributed by atoms with Crippen molar-refractivity contribution in [1.82, 2.24) is 10.2 Å². The summed E-state index contributed by atoms with van der Waals surface area (Å²) in [5.41, 5.74) is 0.936. The van der Waals surface area contributed by atoms with Crippen LogP contribution in [0.15, 0.2) is 22.3 Å². The molecule has 0 bridgehead atoms. The highest BCUT2D eigenvalue weighted by atomic mass is 79.9. The van der Waals surface area contributed by atoms with Gasteiger partial charge in [-0.1, -0.05) is 15.9 Å². The van der Waals surface area contributed by atoms with Gasteiger partial charge in [-0.15, -0.1) is 0 Å². The Morgan fingerprint density at radius 1 is 1.18 bits per heavy atom. The summed E-state index contributed by atoms with van der Waals surface area (Å²) in [5, 5.41) is 2.53. The van der Waals surface area contributed by atoms with Gasteiger partial charge in [0.1, 0.15) is 5.70 Å². The molecule has 0 aliphatic carbocycles. The van der Waals surface area contributed by atoms with E-state index in [0.29, 0.717) is 30.3 Å². The predicted molar refractivity (Wildman–Crippen MR) is 85.8 cm³/mol. The highest BCUT2D eigenvalue weighted by Crippen LogP contribution is 2.35. The molecule has 0 unspecified atom stereocenters. The van der Waals surface area contributed by atoms with E-state index in [9.17, 15) is 9.59 Å². The van der Waals surface area contributed by atoms with E-state index in [-0.39, 0.29) is 11.6 Å². The SMILES string of the molecule is CCOc1cc(Br)c(/C=C2/NC(=O)N(C)C2=O)cc1OCC. The zero-order chi connectivity index (χ0) is 16.3. The van der Waals surface area contributed by atoms with Crippen LogP contribution in [0.4, 0.5) is 4.79 Å². The Morgan fingerprint density at radius 3 is 2.27 bits per heavy atom. The summed E-state index contributed by atoms with van der Waals surface area (Å²) in [6.07, 6.45) is 1.60. The number of nitrogens with zero attached hydrogens (tertiary/aromatic N) is 1. The summed E-state index contributed by atoms with van der Waals surface area (Å²) in [6.45, 7) is 4.79. The lowest BCUT2D eigenvalue weighted by Crippen LogP contribution is -2.25. The summed E-state index contributed by atoms with van der Waals surface area (Å²) < 4.78 is 11.8. The third kappa shape index (κ3) is 3.24. The molecule has 0 radical (unpaired) electrons. The second kappa shape index (κ2) is 6.83. The molecule has 1 aliphatic rings. The molecule has 0 aromatic heterocycles. The fourth-order valence-electron chi connectivity index (χ4n) is 1.98. The molecule has 0 atom stereocenters. The molecule has 7 heteroatoms. The van der Waals surface area contributed by atoms with Gasteiger partial charge in [0.15, 0.2) is 11.5 Å². The maximum Gasteiger partial charge on any atom is 0.328 e. The van der Waals surface area contributed by atoms with Gasteiger partial charge in [-0.25, -0.2) is 4.79 Å². The number of carbonyl (C=O) groups excluding carboxylic acids is 2. The topological polar surface area (TPSA) is 67.9 Å². The molecule has 1 aromatic carbocycles. The average Bonchev–Trinajstić information content (AvgIpc) is 2.71. The van der Waals surface area contributed by atoms with Crippen molar-refractivity contribution >= 4 is 33.9 Å². The zero-order valence-electron chi connectivity index (χ0n) is 12.6. The van der Waals surface area contributed by atoms with Gasteiger partial charge in [-0.3, -0.25) is 9.69 Å². The normalized spacial score (nSPS) is 16.2. The minimum atomic E-state index is -0.441. The van der Waals surface area contributed by atoms with Gasteiger partial charge >= 0.3 is 6.03 Å². The van der Waals surface area contributed by atoms with Crippen molar-refractivity contribution in [1.29, 1.82) is 0 Å². The van der Waals surface area contributed by atoms with Gasteiger partial charge in [-0.05, 0) is 37.6 Å². The lowest BCUT2D eigenvalue weighted by Gasteiger charge is -2.13. The average molecular weight is 369 g/mol. The zero-order valence-corrected chi connectivity index (χ0v) is 14.2. The van der Waals surface area contributed by atoms with Gasteiger partial charge < -0.3 is 14.8 Å². The number of benzene rings is 1. The standard InChI is InChI=1S/C15H17BrN2O4/c1-4-21-12-7-9(10(16)8-13(12)22-5-2)6-11-14(19)18(3)15(20)17-11/h6-8H,4-5H2,1-3H3,(H,17,20)/b11-6+. The molecule has 22 heavy (non-hydrogen) atoms. The van der Waals surface area contributed by atoms with E-state index in [1.165, 1.54) is 7.05 Å². The molecular weight excluding hydrogens is 352 g/mol. The molecule has 3 amide bonds. The number of imide groups is 1. The van der Waals surface area contributed by atoms with Crippen LogP contribution in [0.2, 0.25) is 0 Å². The lowest BCUT2D eigenvalue weighted by atomic mass is 10.1. The molecule has 1 saturated heterocycles. The number of likely N-dealkylation sites (N-methyl/N-ethyl adjacent to an activating group) is 1. The Labute approximate surface area is 137 Å². The summed E-state index contributed by atoms with van der Waals surface area (Å²) in [5.74, 6) is 0.838. The largest absolute Gasteiger partial charge is 0.490 e. The molecule has 6 nitrogen and oxygen atoms in total. The van der Waals surface area contributed by atoms with Crippen molar-refractivity contribution in [2.24, 2.45) is 0 Å². The fraction of sp³-hybridized carbons (Fsp3) is 0.333. The first kappa shape index (κ1) is 16.4. The van der Waals surface area contributed by atoms with Crippen molar-refractivity contribution in [3.8, 4) is 11.5 Å². The quantitative estimate of drug-likeness (QED) is 0.640. The van der Waals surface area contributed by atoms with Gasteiger partial charge in [0.05, 0.1) is 13.2 Å². The highest BCUT2D eigenvalue weighted by Gasteiger charge is 2.30. The number of nitrogens with one attached hydrogen (secondary N) is 1. The van der Waals surface area contributed by atoms with Gasteiger partial charge in [0.2, 0.25) is 0 Å². The number of hydrogen-bond donors (Lipinski definition) is 1. The Hall–Kier alpha value is -2.02. The lowest BCUT2D eigenvalue weighted by molar-refractivity contribution is -0.121. The van der Waals surface area contributed by atoms with E-state index >= 15 is 0 Å². The van der Waals surface area contributed by atoms with Crippen LogP contribution in [-0.2, 0) is 4.79 Å². The van der Waals surface area contributed by atoms with Gasteiger partial charge in [0.25, 0.3) is 5.91 Å². The van der Waals surface area contributed by atoms with Crippen LogP contribution in [-0.4, -0.2) is 37.1 Å². The maximum absolute atomic E-state index is 11.9. The van der Waals surface area contributed by atoms with Crippen LogP contribution in [0.25, 0.3) is 6.08 Å². The van der Waals surface area contributed by atoms with E-state index in [0.717, 1.165) is 9.37 Å². The van der Waals surface area contributed by atoms with Gasteiger partial charge in [-0.2, -0.15) is 0 Å². The molecule has 118 valence electrons. The van der Waals surface area contributed by atoms with Crippen LogP contribution in [0.1, 0.15) is 19.4 Å².